The van der Waals surface area contributed by atoms with Gasteiger partial charge in [0, 0.05) is 17.8 Å². The van der Waals surface area contributed by atoms with Crippen LogP contribution in [0, 0.1) is 0 Å². The molecule has 0 aliphatic carbocycles. The third-order valence-electron chi connectivity index (χ3n) is 3.26. The second-order valence-corrected chi connectivity index (χ2v) is 7.03. The number of nitrogens with one attached hydrogen (secondary N) is 2. The van der Waals surface area contributed by atoms with Gasteiger partial charge in [-0.2, -0.15) is 0 Å². The first kappa shape index (κ1) is 18.1. The van der Waals surface area contributed by atoms with Crippen LogP contribution in [0.4, 0.5) is 5.69 Å². The Morgan fingerprint density at radius 2 is 1.83 bits per heavy atom. The normalized spacial score (nSPS) is 11.0. The Kier molecular flexibility index (Phi) is 5.69. The summed E-state index contributed by atoms with van der Waals surface area (Å²) in [4.78, 5) is 11.3. The highest BCUT2D eigenvalue weighted by molar-refractivity contribution is 7.92. The Morgan fingerprint density at radius 1 is 1.17 bits per heavy atom. The fourth-order valence-electron chi connectivity index (χ4n) is 2.04. The number of hydrogen-bond acceptors (Lipinski definition) is 4. The van der Waals surface area contributed by atoms with Crippen LogP contribution in [-0.4, -0.2) is 28.5 Å². The summed E-state index contributed by atoms with van der Waals surface area (Å²) in [6, 6.07) is 10.9. The number of halogens is 1. The summed E-state index contributed by atoms with van der Waals surface area (Å²) >= 11 is 5.88. The Hall–Kier alpha value is -2.25. The van der Waals surface area contributed by atoms with Gasteiger partial charge in [-0.3, -0.25) is 9.52 Å². The number of amides is 1. The van der Waals surface area contributed by atoms with E-state index in [1.807, 2.05) is 0 Å². The van der Waals surface area contributed by atoms with Crippen molar-refractivity contribution < 1.29 is 17.9 Å². The highest BCUT2D eigenvalue weighted by Gasteiger charge is 2.20. The molecule has 0 heterocycles. The number of ether oxygens (including phenoxy) is 1. The lowest BCUT2D eigenvalue weighted by Crippen LogP contribution is -2.19. The molecular formula is C16H17ClN2O4S. The molecule has 0 aromatic heterocycles. The quantitative estimate of drug-likeness (QED) is 0.820. The highest BCUT2D eigenvalue weighted by atomic mass is 35.5. The molecule has 0 spiro atoms. The van der Waals surface area contributed by atoms with E-state index in [1.165, 1.54) is 19.2 Å². The zero-order valence-electron chi connectivity index (χ0n) is 13.2. The van der Waals surface area contributed by atoms with E-state index in [4.69, 9.17) is 16.3 Å². The standard InChI is InChI=1S/C16H17ClN2O4S/c1-18-16(20)9-11-3-6-13(7-4-11)19-24(21,22)15-10-12(17)5-8-14(15)23-2/h3-8,10,19H,9H2,1-2H3,(H,18,20). The number of sulfonamides is 1. The van der Waals surface area contributed by atoms with Crippen LogP contribution in [0.25, 0.3) is 0 Å². The molecule has 0 aliphatic rings. The van der Waals surface area contributed by atoms with E-state index >= 15 is 0 Å². The first-order valence-corrected chi connectivity index (χ1v) is 8.87. The van der Waals surface area contributed by atoms with E-state index in [-0.39, 0.29) is 28.0 Å². The predicted molar refractivity (Wildman–Crippen MR) is 93.0 cm³/mol. The van der Waals surface area contributed by atoms with Crippen LogP contribution < -0.4 is 14.8 Å². The van der Waals surface area contributed by atoms with Crippen molar-refractivity contribution in [3.05, 3.63) is 53.1 Å². The molecule has 0 aliphatic heterocycles. The summed E-state index contributed by atoms with van der Waals surface area (Å²) < 4.78 is 32.6. The van der Waals surface area contributed by atoms with Crippen molar-refractivity contribution in [3.63, 3.8) is 0 Å². The van der Waals surface area contributed by atoms with Gasteiger partial charge in [0.2, 0.25) is 5.91 Å². The summed E-state index contributed by atoms with van der Waals surface area (Å²) in [6.07, 6.45) is 0.228. The Morgan fingerprint density at radius 3 is 2.42 bits per heavy atom. The van der Waals surface area contributed by atoms with Gasteiger partial charge < -0.3 is 10.1 Å². The van der Waals surface area contributed by atoms with Gasteiger partial charge >= 0.3 is 0 Å². The van der Waals surface area contributed by atoms with Crippen LogP contribution in [0.15, 0.2) is 47.4 Å². The minimum Gasteiger partial charge on any atom is -0.495 e. The molecule has 0 saturated heterocycles. The van der Waals surface area contributed by atoms with Gasteiger partial charge in [0.15, 0.2) is 0 Å². The molecule has 0 radical (unpaired) electrons. The van der Waals surface area contributed by atoms with Gasteiger partial charge in [-0.05, 0) is 35.9 Å². The summed E-state index contributed by atoms with van der Waals surface area (Å²) in [7, 11) is -0.914. The van der Waals surface area contributed by atoms with Crippen molar-refractivity contribution >= 4 is 33.2 Å². The summed E-state index contributed by atoms with van der Waals surface area (Å²) in [6.45, 7) is 0. The molecule has 2 aromatic carbocycles. The number of carbonyl (C=O) groups is 1. The average molecular weight is 369 g/mol. The van der Waals surface area contributed by atoms with Crippen molar-refractivity contribution in [2.24, 2.45) is 0 Å². The molecule has 0 fully saturated rings. The van der Waals surface area contributed by atoms with Crippen molar-refractivity contribution in [1.29, 1.82) is 0 Å². The van der Waals surface area contributed by atoms with Crippen molar-refractivity contribution in [3.8, 4) is 5.75 Å². The average Bonchev–Trinajstić information content (AvgIpc) is 2.56. The second kappa shape index (κ2) is 7.55. The number of methoxy groups -OCH3 is 1. The van der Waals surface area contributed by atoms with Crippen LogP contribution in [0.3, 0.4) is 0 Å². The van der Waals surface area contributed by atoms with Gasteiger partial charge in [0.25, 0.3) is 10.0 Å². The van der Waals surface area contributed by atoms with Crippen molar-refractivity contribution in [2.45, 2.75) is 11.3 Å². The van der Waals surface area contributed by atoms with Gasteiger partial charge in [-0.1, -0.05) is 23.7 Å². The van der Waals surface area contributed by atoms with Crippen LogP contribution in [0.5, 0.6) is 5.75 Å². The van der Waals surface area contributed by atoms with E-state index in [0.29, 0.717) is 5.69 Å². The Balaban J connectivity index is 2.23. The monoisotopic (exact) mass is 368 g/mol. The molecule has 2 N–H and O–H groups in total. The number of carbonyl (C=O) groups excluding carboxylic acids is 1. The van der Waals surface area contributed by atoms with Gasteiger partial charge in [-0.15, -0.1) is 0 Å². The number of benzene rings is 2. The highest BCUT2D eigenvalue weighted by Crippen LogP contribution is 2.28. The minimum absolute atomic E-state index is 0.0491. The lowest BCUT2D eigenvalue weighted by atomic mass is 10.1. The molecule has 0 atom stereocenters. The molecule has 0 unspecified atom stereocenters. The predicted octanol–water partition coefficient (Wildman–Crippen LogP) is 2.44. The second-order valence-electron chi connectivity index (χ2n) is 4.95. The SMILES string of the molecule is CNC(=O)Cc1ccc(NS(=O)(=O)c2cc(Cl)ccc2OC)cc1. The minimum atomic E-state index is -3.86. The summed E-state index contributed by atoms with van der Waals surface area (Å²) in [5.74, 6) is 0.0788. The molecule has 128 valence electrons. The smallest absolute Gasteiger partial charge is 0.265 e. The van der Waals surface area contributed by atoms with Crippen LogP contribution in [0.1, 0.15) is 5.56 Å². The molecule has 2 rings (SSSR count). The van der Waals surface area contributed by atoms with E-state index in [2.05, 4.69) is 10.0 Å². The van der Waals surface area contributed by atoms with Gasteiger partial charge in [0.1, 0.15) is 10.6 Å². The lowest BCUT2D eigenvalue weighted by molar-refractivity contribution is -0.119. The number of rotatable bonds is 6. The van der Waals surface area contributed by atoms with Crippen LogP contribution in [-0.2, 0) is 21.2 Å². The number of anilines is 1. The van der Waals surface area contributed by atoms with Gasteiger partial charge in [-0.25, -0.2) is 8.42 Å². The van der Waals surface area contributed by atoms with E-state index in [0.717, 1.165) is 5.56 Å². The fourth-order valence-corrected chi connectivity index (χ4v) is 3.53. The third kappa shape index (κ3) is 4.39. The Bertz CT molecular complexity index is 836. The first-order chi connectivity index (χ1) is 11.4. The molecular weight excluding hydrogens is 352 g/mol. The fraction of sp³-hybridized carbons (Fsp3) is 0.188. The van der Waals surface area contributed by atoms with E-state index in [1.54, 1.807) is 37.4 Å². The van der Waals surface area contributed by atoms with Crippen LogP contribution in [0.2, 0.25) is 5.02 Å². The topological polar surface area (TPSA) is 84.5 Å². The van der Waals surface area contributed by atoms with Gasteiger partial charge in [0.05, 0.1) is 13.5 Å². The first-order valence-electron chi connectivity index (χ1n) is 7.01. The third-order valence-corrected chi connectivity index (χ3v) is 4.90. The maximum Gasteiger partial charge on any atom is 0.265 e. The van der Waals surface area contributed by atoms with Crippen molar-refractivity contribution in [1.82, 2.24) is 5.32 Å². The molecule has 8 heteroatoms. The number of likely N-dealkylation sites (N-methyl/N-ethyl adjacent to an activating group) is 1. The zero-order valence-corrected chi connectivity index (χ0v) is 14.7. The van der Waals surface area contributed by atoms with Crippen molar-refractivity contribution in [2.75, 3.05) is 18.9 Å². The molecule has 24 heavy (non-hydrogen) atoms. The van der Waals surface area contributed by atoms with E-state index in [9.17, 15) is 13.2 Å². The van der Waals surface area contributed by atoms with E-state index < -0.39 is 10.0 Å². The lowest BCUT2D eigenvalue weighted by Gasteiger charge is -2.12. The largest absolute Gasteiger partial charge is 0.495 e. The summed E-state index contributed by atoms with van der Waals surface area (Å²) in [5.41, 5.74) is 1.15. The molecule has 0 bridgehead atoms. The molecule has 1 amide bonds. The number of hydrogen-bond donors (Lipinski definition) is 2. The zero-order chi connectivity index (χ0) is 17.7. The molecule has 6 nitrogen and oxygen atoms in total. The molecule has 0 saturated carbocycles. The molecule has 2 aromatic rings. The summed E-state index contributed by atoms with van der Waals surface area (Å²) in [5, 5.41) is 2.82. The maximum absolute atomic E-state index is 12.5. The Labute approximate surface area is 145 Å². The van der Waals surface area contributed by atoms with Crippen LogP contribution >= 0.6 is 11.6 Å². The maximum atomic E-state index is 12.5.